The highest BCUT2D eigenvalue weighted by Crippen LogP contribution is 2.30. The monoisotopic (exact) mass is 448 g/mol. The number of amides is 1. The molecule has 0 bridgehead atoms. The van der Waals surface area contributed by atoms with Gasteiger partial charge in [0.2, 0.25) is 5.91 Å². The number of methoxy groups -OCH3 is 1. The normalized spacial score (nSPS) is 15.3. The minimum absolute atomic E-state index is 0.0271. The molecule has 0 aliphatic carbocycles. The van der Waals surface area contributed by atoms with E-state index in [1.54, 1.807) is 19.2 Å². The van der Waals surface area contributed by atoms with Gasteiger partial charge in [0.1, 0.15) is 5.69 Å². The van der Waals surface area contributed by atoms with Gasteiger partial charge in [-0.2, -0.15) is 0 Å². The van der Waals surface area contributed by atoms with Crippen molar-refractivity contribution in [2.24, 2.45) is 0 Å². The van der Waals surface area contributed by atoms with Crippen LogP contribution in [0.25, 0.3) is 0 Å². The fourth-order valence-electron chi connectivity index (χ4n) is 2.61. The Hall–Kier alpha value is -1.46. The van der Waals surface area contributed by atoms with Gasteiger partial charge in [0.15, 0.2) is 0 Å². The number of piperazine rings is 1. The topological polar surface area (TPSA) is 88.0 Å². The van der Waals surface area contributed by atoms with Gasteiger partial charge in [-0.15, -0.1) is 0 Å². The number of nitrogens with zero attached hydrogens (tertiary/aromatic N) is 3. The van der Waals surface area contributed by atoms with Crippen molar-refractivity contribution in [2.45, 2.75) is 0 Å². The Morgan fingerprint density at radius 3 is 2.71 bits per heavy atom. The van der Waals surface area contributed by atoms with Crippen LogP contribution in [0.3, 0.4) is 0 Å². The number of halogens is 1. The van der Waals surface area contributed by atoms with Crippen molar-refractivity contribution < 1.29 is 14.5 Å². The average molecular weight is 448 g/mol. The Kier molecular flexibility index (Phi) is 7.18. The molecular formula is C15H21IN4O4. The molecule has 1 aliphatic rings. The molecule has 1 aromatic carbocycles. The molecule has 1 aliphatic heterocycles. The van der Waals surface area contributed by atoms with E-state index in [4.69, 9.17) is 4.74 Å². The van der Waals surface area contributed by atoms with E-state index < -0.39 is 0 Å². The van der Waals surface area contributed by atoms with Crippen LogP contribution < -0.4 is 10.2 Å². The molecule has 8 nitrogen and oxygen atoms in total. The molecule has 0 saturated carbocycles. The van der Waals surface area contributed by atoms with Crippen LogP contribution in [-0.2, 0) is 9.53 Å². The summed E-state index contributed by atoms with van der Waals surface area (Å²) in [6, 6.07) is 5.26. The Labute approximate surface area is 154 Å². The summed E-state index contributed by atoms with van der Waals surface area (Å²) in [7, 11) is 1.59. The molecule has 1 saturated heterocycles. The Morgan fingerprint density at radius 2 is 2.08 bits per heavy atom. The van der Waals surface area contributed by atoms with Crippen molar-refractivity contribution in [3.63, 3.8) is 0 Å². The molecule has 0 aromatic heterocycles. The smallest absolute Gasteiger partial charge is 0.293 e. The summed E-state index contributed by atoms with van der Waals surface area (Å²) in [5, 5.41) is 14.0. The highest BCUT2D eigenvalue weighted by Gasteiger charge is 2.24. The fourth-order valence-corrected chi connectivity index (χ4v) is 3.08. The van der Waals surface area contributed by atoms with E-state index in [0.717, 1.165) is 3.57 Å². The first kappa shape index (κ1) is 18.9. The molecule has 1 amide bonds. The van der Waals surface area contributed by atoms with Crippen molar-refractivity contribution in [3.05, 3.63) is 31.9 Å². The standard InChI is InChI=1S/C15H21IN4O4/c1-24-9-4-17-15(21)11-18-5-7-19(8-6-18)13-3-2-12(16)10-14(13)20(22)23/h2-3,10H,4-9,11H2,1H3,(H,17,21). The zero-order valence-corrected chi connectivity index (χ0v) is 15.7. The van der Waals surface area contributed by atoms with E-state index in [-0.39, 0.29) is 16.5 Å². The molecule has 2 rings (SSSR count). The third kappa shape index (κ3) is 5.28. The van der Waals surface area contributed by atoms with Gasteiger partial charge in [-0.3, -0.25) is 19.8 Å². The number of ether oxygens (including phenoxy) is 1. The second-order valence-electron chi connectivity index (χ2n) is 5.50. The van der Waals surface area contributed by atoms with Crippen molar-refractivity contribution in [1.29, 1.82) is 0 Å². The van der Waals surface area contributed by atoms with E-state index in [9.17, 15) is 14.9 Å². The SMILES string of the molecule is COCCNC(=O)CN1CCN(c2ccc(I)cc2[N+](=O)[O-])CC1. The van der Waals surface area contributed by atoms with Crippen molar-refractivity contribution >= 4 is 39.9 Å². The highest BCUT2D eigenvalue weighted by molar-refractivity contribution is 14.1. The summed E-state index contributed by atoms with van der Waals surface area (Å²) in [6.45, 7) is 4.05. The molecule has 0 radical (unpaired) electrons. The lowest BCUT2D eigenvalue weighted by Crippen LogP contribution is -2.49. The van der Waals surface area contributed by atoms with E-state index in [0.29, 0.717) is 51.6 Å². The number of nitrogens with one attached hydrogen (secondary N) is 1. The van der Waals surface area contributed by atoms with Crippen LogP contribution >= 0.6 is 22.6 Å². The zero-order valence-electron chi connectivity index (χ0n) is 13.5. The summed E-state index contributed by atoms with van der Waals surface area (Å²) in [6.07, 6.45) is 0. The summed E-state index contributed by atoms with van der Waals surface area (Å²) in [5.41, 5.74) is 0.775. The molecule has 0 atom stereocenters. The summed E-state index contributed by atoms with van der Waals surface area (Å²) in [5.74, 6) is -0.0271. The molecule has 132 valence electrons. The second-order valence-corrected chi connectivity index (χ2v) is 6.74. The molecule has 9 heteroatoms. The lowest BCUT2D eigenvalue weighted by Gasteiger charge is -2.35. The van der Waals surface area contributed by atoms with Crippen LogP contribution in [-0.4, -0.2) is 68.7 Å². The molecule has 1 fully saturated rings. The fraction of sp³-hybridized carbons (Fsp3) is 0.533. The average Bonchev–Trinajstić information content (AvgIpc) is 2.56. The predicted molar refractivity (Wildman–Crippen MR) is 99.4 cm³/mol. The third-order valence-corrected chi connectivity index (χ3v) is 4.51. The molecule has 0 spiro atoms. The number of carbonyl (C=O) groups is 1. The van der Waals surface area contributed by atoms with E-state index >= 15 is 0 Å². The Bertz CT molecular complexity index is 591. The number of carbonyl (C=O) groups excluding carboxylic acids is 1. The minimum atomic E-state index is -0.340. The molecule has 0 unspecified atom stereocenters. The maximum atomic E-state index is 11.8. The predicted octanol–water partition coefficient (Wildman–Crippen LogP) is 1.08. The summed E-state index contributed by atoms with van der Waals surface area (Å²) >= 11 is 2.07. The van der Waals surface area contributed by atoms with E-state index in [1.807, 2.05) is 11.0 Å². The van der Waals surface area contributed by atoms with Crippen molar-refractivity contribution in [1.82, 2.24) is 10.2 Å². The van der Waals surface area contributed by atoms with Gasteiger partial charge in [0, 0.05) is 49.5 Å². The lowest BCUT2D eigenvalue weighted by molar-refractivity contribution is -0.384. The second kappa shape index (κ2) is 9.14. The Balaban J connectivity index is 1.89. The van der Waals surface area contributed by atoms with Gasteiger partial charge < -0.3 is 15.0 Å². The third-order valence-electron chi connectivity index (χ3n) is 3.84. The van der Waals surface area contributed by atoms with Gasteiger partial charge in [-0.05, 0) is 34.7 Å². The number of benzene rings is 1. The van der Waals surface area contributed by atoms with Crippen LogP contribution in [0.2, 0.25) is 0 Å². The largest absolute Gasteiger partial charge is 0.383 e. The zero-order chi connectivity index (χ0) is 17.5. The first-order chi connectivity index (χ1) is 11.5. The van der Waals surface area contributed by atoms with E-state index in [2.05, 4.69) is 32.8 Å². The number of nitro groups is 1. The van der Waals surface area contributed by atoms with Crippen LogP contribution in [0.5, 0.6) is 0 Å². The number of anilines is 1. The van der Waals surface area contributed by atoms with Crippen LogP contribution in [0.4, 0.5) is 11.4 Å². The van der Waals surface area contributed by atoms with Gasteiger partial charge in [0.05, 0.1) is 18.1 Å². The summed E-state index contributed by atoms with van der Waals surface area (Å²) < 4.78 is 5.74. The maximum Gasteiger partial charge on any atom is 0.293 e. The van der Waals surface area contributed by atoms with Crippen molar-refractivity contribution in [2.75, 3.05) is 57.9 Å². The van der Waals surface area contributed by atoms with Crippen molar-refractivity contribution in [3.8, 4) is 0 Å². The molecule has 24 heavy (non-hydrogen) atoms. The molecule has 1 aromatic rings. The summed E-state index contributed by atoms with van der Waals surface area (Å²) in [4.78, 5) is 26.8. The van der Waals surface area contributed by atoms with Crippen LogP contribution in [0.15, 0.2) is 18.2 Å². The number of hydrogen-bond acceptors (Lipinski definition) is 6. The first-order valence-corrected chi connectivity index (χ1v) is 8.76. The quantitative estimate of drug-likeness (QED) is 0.291. The maximum absolute atomic E-state index is 11.8. The molecule has 1 N–H and O–H groups in total. The number of rotatable bonds is 7. The number of hydrogen-bond donors (Lipinski definition) is 1. The lowest BCUT2D eigenvalue weighted by atomic mass is 10.2. The van der Waals surface area contributed by atoms with Gasteiger partial charge in [-0.1, -0.05) is 0 Å². The van der Waals surface area contributed by atoms with E-state index in [1.165, 1.54) is 0 Å². The van der Waals surface area contributed by atoms with Crippen LogP contribution in [0.1, 0.15) is 0 Å². The van der Waals surface area contributed by atoms with Gasteiger partial charge >= 0.3 is 0 Å². The Morgan fingerprint density at radius 1 is 1.38 bits per heavy atom. The van der Waals surface area contributed by atoms with Gasteiger partial charge in [0.25, 0.3) is 5.69 Å². The molecular weight excluding hydrogens is 427 g/mol. The van der Waals surface area contributed by atoms with Crippen LogP contribution in [0, 0.1) is 13.7 Å². The highest BCUT2D eigenvalue weighted by atomic mass is 127. The number of nitro benzene ring substituents is 1. The minimum Gasteiger partial charge on any atom is -0.383 e. The molecule has 1 heterocycles. The first-order valence-electron chi connectivity index (χ1n) is 7.68. The van der Waals surface area contributed by atoms with Gasteiger partial charge in [-0.25, -0.2) is 0 Å².